The van der Waals surface area contributed by atoms with Crippen LogP contribution in [0.4, 0.5) is 18.9 Å². The Morgan fingerprint density at radius 3 is 2.70 bits per heavy atom. The third kappa shape index (κ3) is 5.55. The van der Waals surface area contributed by atoms with E-state index < -0.39 is 12.7 Å². The summed E-state index contributed by atoms with van der Waals surface area (Å²) in [5.74, 6) is 0. The second-order valence-corrected chi connectivity index (χ2v) is 8.13. The molecular formula is C20H27F3N6S. The van der Waals surface area contributed by atoms with Crippen LogP contribution in [0.1, 0.15) is 18.5 Å². The van der Waals surface area contributed by atoms with Crippen LogP contribution in [-0.2, 0) is 6.54 Å². The normalized spacial score (nSPS) is 17.3. The smallest absolute Gasteiger partial charge is 0.382 e. The molecule has 1 aliphatic rings. The fraction of sp³-hybridized carbons (Fsp3) is 0.500. The molecule has 2 heterocycles. The molecule has 0 radical (unpaired) electrons. The zero-order valence-corrected chi connectivity index (χ0v) is 17.9. The highest BCUT2D eigenvalue weighted by Gasteiger charge is 2.31. The van der Waals surface area contributed by atoms with Crippen molar-refractivity contribution in [2.24, 2.45) is 15.9 Å². The molecule has 1 aromatic heterocycles. The number of rotatable bonds is 6. The summed E-state index contributed by atoms with van der Waals surface area (Å²) in [6, 6.07) is 7.49. The van der Waals surface area contributed by atoms with Crippen molar-refractivity contribution in [1.29, 1.82) is 0 Å². The number of nitrogens with two attached hydrogens (primary N) is 1. The zero-order chi connectivity index (χ0) is 21.7. The summed E-state index contributed by atoms with van der Waals surface area (Å²) in [6.45, 7) is 1.11. The monoisotopic (exact) mass is 440 g/mol. The van der Waals surface area contributed by atoms with Crippen molar-refractivity contribution in [2.45, 2.75) is 31.6 Å². The predicted octanol–water partition coefficient (Wildman–Crippen LogP) is 3.76. The highest BCUT2D eigenvalue weighted by atomic mass is 32.2. The molecule has 0 bridgehead atoms. The van der Waals surface area contributed by atoms with E-state index in [-0.39, 0.29) is 6.54 Å². The van der Waals surface area contributed by atoms with Gasteiger partial charge in [0.2, 0.25) is 0 Å². The molecule has 1 fully saturated rings. The van der Waals surface area contributed by atoms with Crippen LogP contribution in [-0.4, -0.2) is 65.9 Å². The molecule has 1 aromatic carbocycles. The number of hydrogen-bond donors (Lipinski definition) is 2. The maximum Gasteiger partial charge on any atom is 0.406 e. The first-order valence-corrected chi connectivity index (χ1v) is 11.0. The van der Waals surface area contributed by atoms with E-state index in [0.29, 0.717) is 22.3 Å². The topological polar surface area (TPSA) is 70.9 Å². The lowest BCUT2D eigenvalue weighted by molar-refractivity contribution is -0.139. The number of anilines is 1. The van der Waals surface area contributed by atoms with Crippen molar-refractivity contribution in [1.82, 2.24) is 9.47 Å². The summed E-state index contributed by atoms with van der Waals surface area (Å²) in [5.41, 5.74) is 7.15. The van der Waals surface area contributed by atoms with Crippen LogP contribution in [0.2, 0.25) is 0 Å². The Kier molecular flexibility index (Phi) is 7.43. The Balaban J connectivity index is 2.05. The fourth-order valence-electron chi connectivity index (χ4n) is 3.65. The minimum atomic E-state index is -4.36. The van der Waals surface area contributed by atoms with Gasteiger partial charge in [-0.2, -0.15) is 18.3 Å². The van der Waals surface area contributed by atoms with Crippen LogP contribution >= 0.6 is 11.8 Å². The quantitative estimate of drug-likeness (QED) is 0.408. The first-order chi connectivity index (χ1) is 14.3. The number of alkyl halides is 3. The molecule has 0 saturated carbocycles. The standard InChI is InChI=1S/C20H27F3N6S/c1-28-10-6-14(7-11-28)26-16-4-3-5-17-15(16)12-18(29(17)13-20(21,22)23)19(30-2)27-25-9-8-24/h3-5,9,12,14,26H,6-8,10-11,13,24H2,1-2H3/b25-9+,27-19-. The lowest BCUT2D eigenvalue weighted by Crippen LogP contribution is -2.36. The number of halogens is 3. The second kappa shape index (κ2) is 9.84. The maximum absolute atomic E-state index is 13.4. The molecule has 1 aliphatic heterocycles. The summed E-state index contributed by atoms with van der Waals surface area (Å²) < 4.78 is 41.4. The summed E-state index contributed by atoms with van der Waals surface area (Å²) in [6.07, 6.45) is 0.814. The zero-order valence-electron chi connectivity index (χ0n) is 17.1. The Morgan fingerprint density at radius 2 is 2.07 bits per heavy atom. The lowest BCUT2D eigenvalue weighted by atomic mass is 10.0. The minimum Gasteiger partial charge on any atom is -0.382 e. The minimum absolute atomic E-state index is 0.210. The van der Waals surface area contributed by atoms with Crippen molar-refractivity contribution in [3.63, 3.8) is 0 Å². The van der Waals surface area contributed by atoms with Crippen LogP contribution in [0, 0.1) is 0 Å². The summed E-state index contributed by atoms with van der Waals surface area (Å²) in [4.78, 5) is 2.28. The van der Waals surface area contributed by atoms with Crippen LogP contribution < -0.4 is 11.1 Å². The van der Waals surface area contributed by atoms with Gasteiger partial charge >= 0.3 is 6.18 Å². The maximum atomic E-state index is 13.4. The van der Waals surface area contributed by atoms with Crippen molar-refractivity contribution >= 4 is 39.6 Å². The molecule has 164 valence electrons. The number of nitrogens with zero attached hydrogens (tertiary/aromatic N) is 4. The van der Waals surface area contributed by atoms with Crippen LogP contribution in [0.15, 0.2) is 34.5 Å². The number of hydrogen-bond acceptors (Lipinski definition) is 6. The third-order valence-corrected chi connectivity index (χ3v) is 5.79. The fourth-order valence-corrected chi connectivity index (χ4v) is 4.15. The van der Waals surface area contributed by atoms with E-state index in [2.05, 4.69) is 27.5 Å². The van der Waals surface area contributed by atoms with Gasteiger partial charge in [0.05, 0.1) is 11.2 Å². The van der Waals surface area contributed by atoms with Gasteiger partial charge in [-0.05, 0) is 57.4 Å². The Labute approximate surface area is 178 Å². The number of nitrogens with one attached hydrogen (secondary N) is 1. The van der Waals surface area contributed by atoms with Crippen molar-refractivity contribution in [3.8, 4) is 0 Å². The van der Waals surface area contributed by atoms with Crippen LogP contribution in [0.3, 0.4) is 0 Å². The van der Waals surface area contributed by atoms with Gasteiger partial charge in [0.15, 0.2) is 0 Å². The molecule has 1 saturated heterocycles. The van der Waals surface area contributed by atoms with E-state index in [1.54, 1.807) is 24.5 Å². The van der Waals surface area contributed by atoms with E-state index in [0.717, 1.165) is 37.0 Å². The van der Waals surface area contributed by atoms with Crippen LogP contribution in [0.5, 0.6) is 0 Å². The number of aromatic nitrogens is 1. The van der Waals surface area contributed by atoms with Crippen LogP contribution in [0.25, 0.3) is 10.9 Å². The SMILES string of the molecule is CS/C(=N\N=C\CN)c1cc2c(NC3CCN(C)CC3)cccc2n1CC(F)(F)F. The average molecular weight is 441 g/mol. The summed E-state index contributed by atoms with van der Waals surface area (Å²) >= 11 is 1.25. The van der Waals surface area contributed by atoms with Gasteiger partial charge in [-0.1, -0.05) is 6.07 Å². The molecule has 3 N–H and O–H groups in total. The van der Waals surface area contributed by atoms with Gasteiger partial charge in [0, 0.05) is 29.9 Å². The number of fused-ring (bicyclic) bond motifs is 1. The van der Waals surface area contributed by atoms with E-state index in [1.807, 2.05) is 6.07 Å². The Hall–Kier alpha value is -2.04. The van der Waals surface area contributed by atoms with E-state index in [1.165, 1.54) is 22.5 Å². The summed E-state index contributed by atoms with van der Waals surface area (Å²) in [5, 5.41) is 12.7. The molecular weight excluding hydrogens is 413 g/mol. The Bertz CT molecular complexity index is 913. The van der Waals surface area contributed by atoms with E-state index in [4.69, 9.17) is 5.73 Å². The number of likely N-dealkylation sites (tertiary alicyclic amines) is 1. The first kappa shape index (κ1) is 22.6. The lowest BCUT2D eigenvalue weighted by Gasteiger charge is -2.30. The number of piperidine rings is 1. The molecule has 0 aliphatic carbocycles. The Morgan fingerprint density at radius 1 is 1.33 bits per heavy atom. The van der Waals surface area contributed by atoms with Gasteiger partial charge < -0.3 is 20.5 Å². The third-order valence-electron chi connectivity index (χ3n) is 5.11. The van der Waals surface area contributed by atoms with Crippen molar-refractivity contribution < 1.29 is 13.2 Å². The molecule has 0 spiro atoms. The van der Waals surface area contributed by atoms with Gasteiger partial charge in [-0.25, -0.2) is 0 Å². The molecule has 0 atom stereocenters. The molecule has 2 aromatic rings. The van der Waals surface area contributed by atoms with E-state index >= 15 is 0 Å². The van der Waals surface area contributed by atoms with Gasteiger partial charge in [0.1, 0.15) is 11.6 Å². The number of thioether (sulfide) groups is 1. The molecule has 30 heavy (non-hydrogen) atoms. The molecule has 0 amide bonds. The molecule has 10 heteroatoms. The second-order valence-electron chi connectivity index (χ2n) is 7.33. The molecule has 0 unspecified atom stereocenters. The van der Waals surface area contributed by atoms with Crippen molar-refractivity contribution in [3.05, 3.63) is 30.0 Å². The predicted molar refractivity (Wildman–Crippen MR) is 120 cm³/mol. The van der Waals surface area contributed by atoms with Crippen molar-refractivity contribution in [2.75, 3.05) is 38.3 Å². The number of benzene rings is 1. The van der Waals surface area contributed by atoms with Gasteiger partial charge in [-0.3, -0.25) is 0 Å². The average Bonchev–Trinajstić information content (AvgIpc) is 3.05. The summed E-state index contributed by atoms with van der Waals surface area (Å²) in [7, 11) is 2.09. The van der Waals surface area contributed by atoms with Gasteiger partial charge in [-0.15, -0.1) is 16.9 Å². The first-order valence-electron chi connectivity index (χ1n) is 9.80. The highest BCUT2D eigenvalue weighted by molar-refractivity contribution is 8.13. The largest absolute Gasteiger partial charge is 0.406 e. The highest BCUT2D eigenvalue weighted by Crippen LogP contribution is 2.33. The molecule has 3 rings (SSSR count). The molecule has 6 nitrogen and oxygen atoms in total. The van der Waals surface area contributed by atoms with E-state index in [9.17, 15) is 13.2 Å². The van der Waals surface area contributed by atoms with Gasteiger partial charge in [0.25, 0.3) is 0 Å².